The van der Waals surface area contributed by atoms with Gasteiger partial charge in [-0.15, -0.1) is 17.8 Å². The highest BCUT2D eigenvalue weighted by Crippen LogP contribution is 2.30. The lowest BCUT2D eigenvalue weighted by Crippen LogP contribution is -2.35. The minimum atomic E-state index is 0.106. The van der Waals surface area contributed by atoms with Crippen LogP contribution in [0.3, 0.4) is 0 Å². The molecule has 1 heterocycles. The Morgan fingerprint density at radius 3 is 2.76 bits per heavy atom. The molecule has 1 aromatic rings. The fraction of sp³-hybridized carbons (Fsp3) is 0.538. The van der Waals surface area contributed by atoms with Crippen molar-refractivity contribution in [1.29, 1.82) is 0 Å². The lowest BCUT2D eigenvalue weighted by Gasteiger charge is -2.20. The molecule has 0 aromatic carbocycles. The molecule has 2 atom stereocenters. The van der Waals surface area contributed by atoms with Crippen molar-refractivity contribution in [3.05, 3.63) is 20.3 Å². The van der Waals surface area contributed by atoms with Crippen LogP contribution < -0.4 is 11.1 Å². The number of terminal acetylenes is 1. The maximum Gasteiger partial charge on any atom is 0.0692 e. The van der Waals surface area contributed by atoms with Crippen molar-refractivity contribution in [2.24, 2.45) is 5.73 Å². The molecule has 0 saturated heterocycles. The Kier molecular flexibility index (Phi) is 6.21. The lowest BCUT2D eigenvalue weighted by molar-refractivity contribution is 0.480. The molecule has 4 heteroatoms. The molecule has 2 unspecified atom stereocenters. The van der Waals surface area contributed by atoms with Crippen LogP contribution in [-0.4, -0.2) is 12.6 Å². The number of halogens is 1. The van der Waals surface area contributed by atoms with Gasteiger partial charge in [0.05, 0.1) is 12.1 Å². The summed E-state index contributed by atoms with van der Waals surface area (Å²) >= 11 is 5.29. The summed E-state index contributed by atoms with van der Waals surface area (Å²) in [7, 11) is 0. The van der Waals surface area contributed by atoms with Crippen molar-refractivity contribution < 1.29 is 0 Å². The molecule has 0 spiro atoms. The van der Waals surface area contributed by atoms with Gasteiger partial charge in [-0.3, -0.25) is 5.32 Å². The van der Waals surface area contributed by atoms with Crippen molar-refractivity contribution in [2.45, 2.75) is 38.8 Å². The van der Waals surface area contributed by atoms with Crippen LogP contribution in [0.2, 0.25) is 0 Å². The van der Waals surface area contributed by atoms with Gasteiger partial charge in [0.25, 0.3) is 0 Å². The summed E-state index contributed by atoms with van der Waals surface area (Å²) in [4.78, 5) is 2.52. The Morgan fingerprint density at radius 1 is 1.65 bits per heavy atom. The second-order valence-electron chi connectivity index (χ2n) is 4.02. The molecular formula is C13H19BrN2S. The zero-order chi connectivity index (χ0) is 12.8. The SMILES string of the molecule is C#CC(CCC)NC(CN)c1cc(Br)c(C)s1. The highest BCUT2D eigenvalue weighted by Gasteiger charge is 2.16. The number of aryl methyl sites for hydroxylation is 1. The van der Waals surface area contributed by atoms with Crippen LogP contribution in [-0.2, 0) is 0 Å². The number of nitrogens with one attached hydrogen (secondary N) is 1. The van der Waals surface area contributed by atoms with Gasteiger partial charge in [-0.25, -0.2) is 0 Å². The lowest BCUT2D eigenvalue weighted by atomic mass is 10.1. The third kappa shape index (κ3) is 4.11. The van der Waals surface area contributed by atoms with Crippen molar-refractivity contribution in [1.82, 2.24) is 5.32 Å². The molecule has 0 amide bonds. The molecule has 94 valence electrons. The van der Waals surface area contributed by atoms with Crippen LogP contribution in [0, 0.1) is 19.3 Å². The minimum absolute atomic E-state index is 0.106. The van der Waals surface area contributed by atoms with Gasteiger partial charge in [-0.05, 0) is 35.3 Å². The average molecular weight is 315 g/mol. The fourth-order valence-corrected chi connectivity index (χ4v) is 3.30. The third-order valence-corrected chi connectivity index (χ3v) is 4.89. The number of hydrogen-bond donors (Lipinski definition) is 2. The van der Waals surface area contributed by atoms with Crippen molar-refractivity contribution in [2.75, 3.05) is 6.54 Å². The number of rotatable bonds is 6. The second-order valence-corrected chi connectivity index (χ2v) is 6.16. The molecule has 0 radical (unpaired) electrons. The largest absolute Gasteiger partial charge is 0.329 e. The monoisotopic (exact) mass is 314 g/mol. The Morgan fingerprint density at radius 2 is 2.35 bits per heavy atom. The molecule has 2 nitrogen and oxygen atoms in total. The van der Waals surface area contributed by atoms with E-state index >= 15 is 0 Å². The summed E-state index contributed by atoms with van der Waals surface area (Å²) in [6.45, 7) is 4.79. The zero-order valence-corrected chi connectivity index (χ0v) is 12.7. The van der Waals surface area contributed by atoms with Gasteiger partial charge in [-0.2, -0.15) is 0 Å². The van der Waals surface area contributed by atoms with Crippen LogP contribution in [0.4, 0.5) is 0 Å². The molecule has 3 N–H and O–H groups in total. The first kappa shape index (κ1) is 14.7. The van der Waals surface area contributed by atoms with Crippen molar-refractivity contribution in [3.8, 4) is 12.3 Å². The molecule has 0 fully saturated rings. The normalized spacial score (nSPS) is 14.3. The van der Waals surface area contributed by atoms with E-state index in [1.54, 1.807) is 11.3 Å². The molecule has 0 bridgehead atoms. The Labute approximate surface area is 116 Å². The maximum absolute atomic E-state index is 5.82. The highest BCUT2D eigenvalue weighted by atomic mass is 79.9. The standard InChI is InChI=1S/C13H19BrN2S/c1-4-6-10(5-2)16-12(8-15)13-7-11(14)9(3)17-13/h2,7,10,12,16H,4,6,8,15H2,1,3H3. The van der Waals surface area contributed by atoms with Gasteiger partial charge in [0, 0.05) is 20.8 Å². The van der Waals surface area contributed by atoms with Crippen molar-refractivity contribution in [3.63, 3.8) is 0 Å². The predicted molar refractivity (Wildman–Crippen MR) is 79.2 cm³/mol. The summed E-state index contributed by atoms with van der Waals surface area (Å²) in [5.74, 6) is 2.79. The predicted octanol–water partition coefficient (Wildman–Crippen LogP) is 3.21. The van der Waals surface area contributed by atoms with Gasteiger partial charge in [0.1, 0.15) is 0 Å². The fourth-order valence-electron chi connectivity index (χ4n) is 1.67. The van der Waals surface area contributed by atoms with Crippen LogP contribution >= 0.6 is 27.3 Å². The van der Waals surface area contributed by atoms with E-state index in [-0.39, 0.29) is 12.1 Å². The third-order valence-electron chi connectivity index (χ3n) is 2.64. The van der Waals surface area contributed by atoms with Gasteiger partial charge < -0.3 is 5.73 Å². The minimum Gasteiger partial charge on any atom is -0.329 e. The molecule has 1 aromatic heterocycles. The molecule has 17 heavy (non-hydrogen) atoms. The summed E-state index contributed by atoms with van der Waals surface area (Å²) < 4.78 is 1.14. The summed E-state index contributed by atoms with van der Waals surface area (Å²) in [5.41, 5.74) is 5.82. The first-order valence-electron chi connectivity index (χ1n) is 5.80. The molecule has 1 rings (SSSR count). The quantitative estimate of drug-likeness (QED) is 0.791. The smallest absolute Gasteiger partial charge is 0.0692 e. The number of hydrogen-bond acceptors (Lipinski definition) is 3. The molecular weight excluding hydrogens is 296 g/mol. The van der Waals surface area contributed by atoms with Crippen molar-refractivity contribution >= 4 is 27.3 Å². The summed E-state index contributed by atoms with van der Waals surface area (Å²) in [6, 6.07) is 2.39. The van der Waals surface area contributed by atoms with Gasteiger partial charge >= 0.3 is 0 Å². The van der Waals surface area contributed by atoms with E-state index in [4.69, 9.17) is 12.2 Å². The van der Waals surface area contributed by atoms with E-state index in [2.05, 4.69) is 47.1 Å². The Bertz CT molecular complexity index is 375. The molecule has 0 saturated carbocycles. The topological polar surface area (TPSA) is 38.0 Å². The van der Waals surface area contributed by atoms with E-state index in [1.807, 2.05) is 0 Å². The van der Waals surface area contributed by atoms with E-state index in [0.29, 0.717) is 6.54 Å². The first-order chi connectivity index (χ1) is 8.12. The molecule has 0 aliphatic carbocycles. The molecule has 0 aliphatic rings. The summed E-state index contributed by atoms with van der Waals surface area (Å²) in [5, 5.41) is 3.44. The van der Waals surface area contributed by atoms with E-state index in [1.165, 1.54) is 9.75 Å². The van der Waals surface area contributed by atoms with Gasteiger partial charge in [0.2, 0.25) is 0 Å². The Hall–Kier alpha value is -0.340. The average Bonchev–Trinajstić information content (AvgIpc) is 2.64. The Balaban J connectivity index is 2.75. The van der Waals surface area contributed by atoms with Crippen LogP contribution in [0.25, 0.3) is 0 Å². The van der Waals surface area contributed by atoms with Crippen LogP contribution in [0.15, 0.2) is 10.5 Å². The molecule has 0 aliphatic heterocycles. The van der Waals surface area contributed by atoms with Gasteiger partial charge in [0.15, 0.2) is 0 Å². The van der Waals surface area contributed by atoms with Crippen LogP contribution in [0.1, 0.15) is 35.6 Å². The number of nitrogens with two attached hydrogens (primary N) is 1. The second kappa shape index (κ2) is 7.17. The van der Waals surface area contributed by atoms with E-state index in [9.17, 15) is 0 Å². The highest BCUT2D eigenvalue weighted by molar-refractivity contribution is 9.10. The summed E-state index contributed by atoms with van der Waals surface area (Å²) in [6.07, 6.45) is 7.58. The first-order valence-corrected chi connectivity index (χ1v) is 7.41. The maximum atomic E-state index is 5.82. The van der Waals surface area contributed by atoms with E-state index in [0.717, 1.165) is 17.3 Å². The zero-order valence-electron chi connectivity index (χ0n) is 10.3. The van der Waals surface area contributed by atoms with E-state index < -0.39 is 0 Å². The van der Waals surface area contributed by atoms with Crippen LogP contribution in [0.5, 0.6) is 0 Å². The van der Waals surface area contributed by atoms with Gasteiger partial charge in [-0.1, -0.05) is 19.3 Å². The number of thiophene rings is 1.